The van der Waals surface area contributed by atoms with Crippen LogP contribution in [0.5, 0.6) is 11.5 Å². The number of benzene rings is 1. The van der Waals surface area contributed by atoms with Crippen LogP contribution in [0.3, 0.4) is 0 Å². The topological polar surface area (TPSA) is 83.2 Å². The first kappa shape index (κ1) is 21.4. The third kappa shape index (κ3) is 5.20. The van der Waals surface area contributed by atoms with Gasteiger partial charge in [0.05, 0.1) is 44.3 Å². The Morgan fingerprint density at radius 2 is 1.83 bits per heavy atom. The second-order valence-corrected chi connectivity index (χ2v) is 6.87. The van der Waals surface area contributed by atoms with Gasteiger partial charge in [0.2, 0.25) is 5.91 Å². The summed E-state index contributed by atoms with van der Waals surface area (Å²) in [5.41, 5.74) is 3.75. The van der Waals surface area contributed by atoms with Gasteiger partial charge in [-0.1, -0.05) is 6.07 Å². The number of aryl methyl sites for hydroxylation is 1. The first-order valence-corrected chi connectivity index (χ1v) is 10.3. The molecule has 1 aromatic carbocycles. The van der Waals surface area contributed by atoms with Gasteiger partial charge in [0.1, 0.15) is 0 Å². The summed E-state index contributed by atoms with van der Waals surface area (Å²) in [6.45, 7) is 10.5. The van der Waals surface area contributed by atoms with E-state index in [-0.39, 0.29) is 12.3 Å². The van der Waals surface area contributed by atoms with E-state index in [9.17, 15) is 4.79 Å². The molecular formula is C22H29N5O3. The van der Waals surface area contributed by atoms with Gasteiger partial charge in [-0.05, 0) is 45.4 Å². The summed E-state index contributed by atoms with van der Waals surface area (Å²) >= 11 is 0. The lowest BCUT2D eigenvalue weighted by molar-refractivity contribution is -0.115. The maximum absolute atomic E-state index is 12.5. The van der Waals surface area contributed by atoms with Crippen LogP contribution < -0.4 is 14.8 Å². The van der Waals surface area contributed by atoms with Crippen LogP contribution in [0.15, 0.2) is 36.8 Å². The molecule has 30 heavy (non-hydrogen) atoms. The van der Waals surface area contributed by atoms with Gasteiger partial charge in [-0.15, -0.1) is 0 Å². The van der Waals surface area contributed by atoms with E-state index in [0.717, 1.165) is 23.4 Å². The van der Waals surface area contributed by atoms with Crippen molar-refractivity contribution in [3.05, 3.63) is 53.6 Å². The number of carbonyl (C=O) groups is 1. The molecule has 0 unspecified atom stereocenters. The fourth-order valence-electron chi connectivity index (χ4n) is 3.24. The summed E-state index contributed by atoms with van der Waals surface area (Å²) in [4.78, 5) is 12.5. The lowest BCUT2D eigenvalue weighted by atomic mass is 10.1. The van der Waals surface area contributed by atoms with Crippen molar-refractivity contribution in [3.8, 4) is 11.5 Å². The van der Waals surface area contributed by atoms with Gasteiger partial charge in [0, 0.05) is 24.0 Å². The number of ether oxygens (including phenoxy) is 2. The Labute approximate surface area is 176 Å². The summed E-state index contributed by atoms with van der Waals surface area (Å²) in [7, 11) is 0. The Morgan fingerprint density at radius 1 is 1.07 bits per heavy atom. The number of carbonyl (C=O) groups excluding carboxylic acids is 1. The lowest BCUT2D eigenvalue weighted by Crippen LogP contribution is -2.14. The zero-order valence-electron chi connectivity index (χ0n) is 18.0. The van der Waals surface area contributed by atoms with Gasteiger partial charge in [0.15, 0.2) is 11.5 Å². The van der Waals surface area contributed by atoms with Crippen LogP contribution in [-0.2, 0) is 24.3 Å². The number of nitrogens with one attached hydrogen (secondary N) is 1. The zero-order chi connectivity index (χ0) is 21.5. The van der Waals surface area contributed by atoms with Crippen molar-refractivity contribution in [3.63, 3.8) is 0 Å². The SMILES string of the molecule is CCOc1ccc(CC(=O)Nc2cnn(Cc3cnn(CC)c3C)c2)cc1OCC. The second kappa shape index (κ2) is 9.96. The molecule has 0 radical (unpaired) electrons. The number of aromatic nitrogens is 4. The number of rotatable bonds is 10. The summed E-state index contributed by atoms with van der Waals surface area (Å²) in [6.07, 6.45) is 5.58. The highest BCUT2D eigenvalue weighted by Gasteiger charge is 2.11. The summed E-state index contributed by atoms with van der Waals surface area (Å²) < 4.78 is 15.0. The molecule has 0 atom stereocenters. The monoisotopic (exact) mass is 411 g/mol. The predicted octanol–water partition coefficient (Wildman–Crippen LogP) is 3.43. The van der Waals surface area contributed by atoms with Crippen LogP contribution in [0.25, 0.3) is 0 Å². The van der Waals surface area contributed by atoms with Gasteiger partial charge >= 0.3 is 0 Å². The maximum Gasteiger partial charge on any atom is 0.228 e. The fourth-order valence-corrected chi connectivity index (χ4v) is 3.24. The molecule has 0 fully saturated rings. The Balaban J connectivity index is 1.61. The first-order chi connectivity index (χ1) is 14.5. The van der Waals surface area contributed by atoms with E-state index < -0.39 is 0 Å². The highest BCUT2D eigenvalue weighted by atomic mass is 16.5. The molecule has 1 amide bonds. The molecule has 8 heteroatoms. The molecule has 0 saturated carbocycles. The molecule has 3 aromatic rings. The van der Waals surface area contributed by atoms with E-state index in [1.54, 1.807) is 10.9 Å². The van der Waals surface area contributed by atoms with Crippen molar-refractivity contribution in [2.24, 2.45) is 0 Å². The quantitative estimate of drug-likeness (QED) is 0.553. The summed E-state index contributed by atoms with van der Waals surface area (Å²) in [5.74, 6) is 1.23. The van der Waals surface area contributed by atoms with Crippen LogP contribution in [0, 0.1) is 6.92 Å². The average molecular weight is 412 g/mol. The summed E-state index contributed by atoms with van der Waals surface area (Å²) in [6, 6.07) is 5.57. The molecular weight excluding hydrogens is 382 g/mol. The van der Waals surface area contributed by atoms with E-state index in [1.807, 2.05) is 56.0 Å². The van der Waals surface area contributed by atoms with Gasteiger partial charge in [-0.3, -0.25) is 14.2 Å². The molecule has 0 spiro atoms. The van der Waals surface area contributed by atoms with Crippen molar-refractivity contribution in [1.82, 2.24) is 19.6 Å². The van der Waals surface area contributed by atoms with Gasteiger partial charge in [-0.25, -0.2) is 0 Å². The Hall–Kier alpha value is -3.29. The number of hydrogen-bond acceptors (Lipinski definition) is 5. The standard InChI is InChI=1S/C22H29N5O3/c1-5-27-16(4)18(12-24-27)14-26-15-19(13-23-26)25-22(28)11-17-8-9-20(29-6-2)21(10-17)30-7-3/h8-10,12-13,15H,5-7,11,14H2,1-4H3,(H,25,28). The van der Waals surface area contributed by atoms with E-state index in [0.29, 0.717) is 36.9 Å². The smallest absolute Gasteiger partial charge is 0.228 e. The molecule has 0 aliphatic heterocycles. The lowest BCUT2D eigenvalue weighted by Gasteiger charge is -2.12. The van der Waals surface area contributed by atoms with Crippen LogP contribution in [0.4, 0.5) is 5.69 Å². The van der Waals surface area contributed by atoms with Crippen LogP contribution >= 0.6 is 0 Å². The normalized spacial score (nSPS) is 10.8. The highest BCUT2D eigenvalue weighted by molar-refractivity contribution is 5.92. The van der Waals surface area contributed by atoms with E-state index in [1.165, 1.54) is 0 Å². The Kier molecular flexibility index (Phi) is 7.11. The highest BCUT2D eigenvalue weighted by Crippen LogP contribution is 2.28. The molecule has 0 saturated heterocycles. The minimum absolute atomic E-state index is 0.115. The van der Waals surface area contributed by atoms with Gasteiger partial charge < -0.3 is 14.8 Å². The first-order valence-electron chi connectivity index (χ1n) is 10.3. The van der Waals surface area contributed by atoms with E-state index in [2.05, 4.69) is 22.4 Å². The molecule has 8 nitrogen and oxygen atoms in total. The van der Waals surface area contributed by atoms with Gasteiger partial charge in [-0.2, -0.15) is 10.2 Å². The fraction of sp³-hybridized carbons (Fsp3) is 0.409. The zero-order valence-corrected chi connectivity index (χ0v) is 18.0. The van der Waals surface area contributed by atoms with Crippen molar-refractivity contribution >= 4 is 11.6 Å². The molecule has 1 N–H and O–H groups in total. The summed E-state index contributed by atoms with van der Waals surface area (Å²) in [5, 5.41) is 11.6. The largest absolute Gasteiger partial charge is 0.490 e. The van der Waals surface area contributed by atoms with Crippen LogP contribution in [0.2, 0.25) is 0 Å². The number of amides is 1. The predicted molar refractivity (Wildman–Crippen MR) is 115 cm³/mol. The van der Waals surface area contributed by atoms with Crippen molar-refractivity contribution in [2.45, 2.75) is 47.2 Å². The maximum atomic E-state index is 12.5. The molecule has 2 aromatic heterocycles. The molecule has 2 heterocycles. The van der Waals surface area contributed by atoms with Crippen LogP contribution in [-0.4, -0.2) is 38.7 Å². The number of hydrogen-bond donors (Lipinski definition) is 1. The molecule has 3 rings (SSSR count). The van der Waals surface area contributed by atoms with E-state index in [4.69, 9.17) is 9.47 Å². The van der Waals surface area contributed by atoms with Crippen molar-refractivity contribution in [2.75, 3.05) is 18.5 Å². The number of nitrogens with zero attached hydrogens (tertiary/aromatic N) is 4. The molecule has 0 aliphatic carbocycles. The molecule has 0 aliphatic rings. The third-order valence-electron chi connectivity index (χ3n) is 4.73. The van der Waals surface area contributed by atoms with Crippen LogP contribution in [0.1, 0.15) is 37.6 Å². The van der Waals surface area contributed by atoms with Crippen molar-refractivity contribution < 1.29 is 14.3 Å². The number of anilines is 1. The van der Waals surface area contributed by atoms with E-state index >= 15 is 0 Å². The van der Waals surface area contributed by atoms with Crippen molar-refractivity contribution in [1.29, 1.82) is 0 Å². The minimum atomic E-state index is -0.115. The minimum Gasteiger partial charge on any atom is -0.490 e. The second-order valence-electron chi connectivity index (χ2n) is 6.87. The average Bonchev–Trinajstić information content (AvgIpc) is 3.30. The third-order valence-corrected chi connectivity index (χ3v) is 4.73. The molecule has 0 bridgehead atoms. The Morgan fingerprint density at radius 3 is 2.53 bits per heavy atom. The Bertz CT molecular complexity index is 993. The molecule has 160 valence electrons. The van der Waals surface area contributed by atoms with Gasteiger partial charge in [0.25, 0.3) is 0 Å².